The molecular formula is C21H22N4O3. The molecule has 0 fully saturated rings. The van der Waals surface area contributed by atoms with Crippen LogP contribution in [0, 0.1) is 0 Å². The van der Waals surface area contributed by atoms with Gasteiger partial charge in [0.25, 0.3) is 5.91 Å². The van der Waals surface area contributed by atoms with E-state index in [0.29, 0.717) is 23.6 Å². The number of nitrogens with zero attached hydrogens (tertiary/aromatic N) is 3. The van der Waals surface area contributed by atoms with Crippen molar-refractivity contribution in [2.75, 3.05) is 26.6 Å². The zero-order chi connectivity index (χ0) is 19.9. The lowest BCUT2D eigenvalue weighted by atomic mass is 10.1. The molecule has 1 aromatic heterocycles. The van der Waals surface area contributed by atoms with E-state index in [4.69, 9.17) is 9.57 Å². The molecule has 0 saturated carbocycles. The van der Waals surface area contributed by atoms with Gasteiger partial charge in [-0.25, -0.2) is 5.06 Å². The van der Waals surface area contributed by atoms with Gasteiger partial charge in [0, 0.05) is 19.2 Å². The molecule has 7 nitrogen and oxygen atoms in total. The summed E-state index contributed by atoms with van der Waals surface area (Å²) < 4.78 is 5.17. The zero-order valence-corrected chi connectivity index (χ0v) is 16.0. The third-order valence-electron chi connectivity index (χ3n) is 4.26. The van der Waals surface area contributed by atoms with Crippen molar-refractivity contribution in [3.05, 3.63) is 71.8 Å². The van der Waals surface area contributed by atoms with Crippen molar-refractivity contribution >= 4 is 11.7 Å². The highest BCUT2D eigenvalue weighted by atomic mass is 16.7. The number of carbonyl (C=O) groups excluding carboxylic acids is 1. The minimum atomic E-state index is -0.302. The number of hydrogen-bond acceptors (Lipinski definition) is 6. The van der Waals surface area contributed by atoms with Gasteiger partial charge in [0.1, 0.15) is 17.3 Å². The van der Waals surface area contributed by atoms with Gasteiger partial charge in [0.05, 0.1) is 19.8 Å². The fraction of sp³-hybridized carbons (Fsp3) is 0.190. The molecule has 0 aliphatic carbocycles. The second kappa shape index (κ2) is 8.96. The van der Waals surface area contributed by atoms with Gasteiger partial charge in [0.2, 0.25) is 0 Å². The van der Waals surface area contributed by atoms with E-state index in [1.165, 1.54) is 7.11 Å². The number of amides is 1. The Labute approximate surface area is 163 Å². The summed E-state index contributed by atoms with van der Waals surface area (Å²) in [4.78, 5) is 17.8. The number of rotatable bonds is 7. The molecule has 3 rings (SSSR count). The molecule has 0 spiro atoms. The lowest BCUT2D eigenvalue weighted by Crippen LogP contribution is -2.26. The Kier molecular flexibility index (Phi) is 6.18. The number of methoxy groups -OCH3 is 1. The second-order valence-corrected chi connectivity index (χ2v) is 6.04. The van der Waals surface area contributed by atoms with Gasteiger partial charge in [-0.05, 0) is 23.8 Å². The molecule has 7 heteroatoms. The van der Waals surface area contributed by atoms with Gasteiger partial charge in [-0.3, -0.25) is 9.63 Å². The Morgan fingerprint density at radius 2 is 1.75 bits per heavy atom. The summed E-state index contributed by atoms with van der Waals surface area (Å²) in [5.41, 5.74) is 2.77. The van der Waals surface area contributed by atoms with E-state index < -0.39 is 0 Å². The van der Waals surface area contributed by atoms with Crippen molar-refractivity contribution in [3.8, 4) is 17.0 Å². The van der Waals surface area contributed by atoms with Crippen LogP contribution in [-0.4, -0.2) is 42.4 Å². The van der Waals surface area contributed by atoms with Crippen LogP contribution in [0.4, 0.5) is 5.82 Å². The molecule has 3 aromatic rings. The van der Waals surface area contributed by atoms with E-state index in [1.54, 1.807) is 20.2 Å². The van der Waals surface area contributed by atoms with E-state index in [1.807, 2.05) is 54.6 Å². The van der Waals surface area contributed by atoms with Crippen LogP contribution in [0.3, 0.4) is 0 Å². The van der Waals surface area contributed by atoms with Crippen LogP contribution in [0.2, 0.25) is 0 Å². The SMILES string of the molecule is COc1ccc(CNc2cc(C(=O)N(C)OC)c(-c3ccccc3)nn2)cc1. The summed E-state index contributed by atoms with van der Waals surface area (Å²) in [5, 5.41) is 12.9. The number of hydroxylamine groups is 2. The number of nitrogens with one attached hydrogen (secondary N) is 1. The predicted octanol–water partition coefficient (Wildman–Crippen LogP) is 3.40. The Morgan fingerprint density at radius 3 is 2.39 bits per heavy atom. The first-order valence-corrected chi connectivity index (χ1v) is 8.74. The molecular weight excluding hydrogens is 356 g/mol. The molecule has 0 aliphatic rings. The highest BCUT2D eigenvalue weighted by Gasteiger charge is 2.20. The summed E-state index contributed by atoms with van der Waals surface area (Å²) in [5.74, 6) is 0.998. The maximum atomic E-state index is 12.8. The molecule has 28 heavy (non-hydrogen) atoms. The van der Waals surface area contributed by atoms with Crippen LogP contribution < -0.4 is 10.1 Å². The fourth-order valence-corrected chi connectivity index (χ4v) is 2.64. The maximum absolute atomic E-state index is 12.8. The van der Waals surface area contributed by atoms with Gasteiger partial charge >= 0.3 is 0 Å². The van der Waals surface area contributed by atoms with Crippen molar-refractivity contribution in [3.63, 3.8) is 0 Å². The van der Waals surface area contributed by atoms with E-state index in [9.17, 15) is 4.79 Å². The van der Waals surface area contributed by atoms with Crippen molar-refractivity contribution in [1.82, 2.24) is 15.3 Å². The van der Waals surface area contributed by atoms with Crippen LogP contribution >= 0.6 is 0 Å². The van der Waals surface area contributed by atoms with E-state index in [0.717, 1.165) is 21.9 Å². The van der Waals surface area contributed by atoms with Crippen molar-refractivity contribution < 1.29 is 14.4 Å². The van der Waals surface area contributed by atoms with Gasteiger partial charge in [-0.1, -0.05) is 42.5 Å². The molecule has 144 valence electrons. The molecule has 0 saturated heterocycles. The summed E-state index contributed by atoms with van der Waals surface area (Å²) >= 11 is 0. The van der Waals surface area contributed by atoms with Crippen molar-refractivity contribution in [2.24, 2.45) is 0 Å². The van der Waals surface area contributed by atoms with Crippen LogP contribution in [0.1, 0.15) is 15.9 Å². The largest absolute Gasteiger partial charge is 0.497 e. The molecule has 1 amide bonds. The highest BCUT2D eigenvalue weighted by Crippen LogP contribution is 2.24. The van der Waals surface area contributed by atoms with Crippen molar-refractivity contribution in [1.29, 1.82) is 0 Å². The van der Waals surface area contributed by atoms with Crippen LogP contribution in [-0.2, 0) is 11.4 Å². The smallest absolute Gasteiger partial charge is 0.279 e. The number of hydrogen-bond donors (Lipinski definition) is 1. The highest BCUT2D eigenvalue weighted by molar-refractivity contribution is 5.99. The summed E-state index contributed by atoms with van der Waals surface area (Å²) in [6, 6.07) is 18.9. The average molecular weight is 378 g/mol. The third kappa shape index (κ3) is 4.44. The van der Waals surface area contributed by atoms with Gasteiger partial charge in [-0.2, -0.15) is 0 Å². The van der Waals surface area contributed by atoms with Gasteiger partial charge in [-0.15, -0.1) is 10.2 Å². The number of aromatic nitrogens is 2. The number of carbonyl (C=O) groups is 1. The van der Waals surface area contributed by atoms with Crippen LogP contribution in [0.25, 0.3) is 11.3 Å². The van der Waals surface area contributed by atoms with Gasteiger partial charge in [0.15, 0.2) is 0 Å². The zero-order valence-electron chi connectivity index (χ0n) is 16.0. The fourth-order valence-electron chi connectivity index (χ4n) is 2.64. The first-order chi connectivity index (χ1) is 13.6. The Morgan fingerprint density at radius 1 is 1.04 bits per heavy atom. The molecule has 2 aromatic carbocycles. The number of ether oxygens (including phenoxy) is 1. The first-order valence-electron chi connectivity index (χ1n) is 8.74. The van der Waals surface area contributed by atoms with Gasteiger partial charge < -0.3 is 10.1 Å². The molecule has 0 bridgehead atoms. The maximum Gasteiger partial charge on any atom is 0.279 e. The quantitative estimate of drug-likeness (QED) is 0.635. The molecule has 0 unspecified atom stereocenters. The summed E-state index contributed by atoms with van der Waals surface area (Å²) in [7, 11) is 4.63. The molecule has 0 atom stereocenters. The second-order valence-electron chi connectivity index (χ2n) is 6.04. The van der Waals surface area contributed by atoms with E-state index in [2.05, 4.69) is 15.5 Å². The standard InChI is InChI=1S/C21H22N4O3/c1-25(28-3)21(26)18-13-19(22-14-15-9-11-17(27-2)12-10-15)23-24-20(18)16-7-5-4-6-8-16/h4-13H,14H2,1-3H3,(H,22,23). The van der Waals surface area contributed by atoms with E-state index >= 15 is 0 Å². The minimum absolute atomic E-state index is 0.302. The number of benzene rings is 2. The van der Waals surface area contributed by atoms with Crippen LogP contribution in [0.15, 0.2) is 60.7 Å². The first kappa shape index (κ1) is 19.3. The molecule has 1 N–H and O–H groups in total. The summed E-state index contributed by atoms with van der Waals surface area (Å²) in [6.45, 7) is 0.539. The molecule has 0 radical (unpaired) electrons. The third-order valence-corrected chi connectivity index (χ3v) is 4.26. The summed E-state index contributed by atoms with van der Waals surface area (Å²) in [6.07, 6.45) is 0. The Balaban J connectivity index is 1.87. The van der Waals surface area contributed by atoms with Crippen molar-refractivity contribution in [2.45, 2.75) is 6.54 Å². The Hall–Kier alpha value is -3.45. The Bertz CT molecular complexity index is 930. The lowest BCUT2D eigenvalue weighted by molar-refractivity contribution is -0.0756. The van der Waals surface area contributed by atoms with E-state index in [-0.39, 0.29) is 5.91 Å². The normalized spacial score (nSPS) is 10.4. The monoisotopic (exact) mass is 378 g/mol. The number of anilines is 1. The molecule has 0 aliphatic heterocycles. The lowest BCUT2D eigenvalue weighted by Gasteiger charge is -2.16. The predicted molar refractivity (Wildman–Crippen MR) is 107 cm³/mol. The molecule has 1 heterocycles. The minimum Gasteiger partial charge on any atom is -0.497 e. The topological polar surface area (TPSA) is 76.6 Å². The average Bonchev–Trinajstić information content (AvgIpc) is 2.77. The van der Waals surface area contributed by atoms with Crippen LogP contribution in [0.5, 0.6) is 5.75 Å².